The van der Waals surface area contributed by atoms with E-state index in [0.717, 1.165) is 32.0 Å². The van der Waals surface area contributed by atoms with Crippen molar-refractivity contribution in [2.75, 3.05) is 38.1 Å². The summed E-state index contributed by atoms with van der Waals surface area (Å²) in [5.74, 6) is 1.24. The van der Waals surface area contributed by atoms with E-state index in [9.17, 15) is 4.39 Å². The Bertz CT molecular complexity index is 768. The predicted octanol–water partition coefficient (Wildman–Crippen LogP) is 3.28. The lowest BCUT2D eigenvalue weighted by Crippen LogP contribution is -2.43. The van der Waals surface area contributed by atoms with Gasteiger partial charge in [-0.25, -0.2) is 4.39 Å². The fraction of sp³-hybridized carbons (Fsp3) is 0.409. The molecule has 0 saturated carbocycles. The molecule has 28 heavy (non-hydrogen) atoms. The molecule has 0 radical (unpaired) electrons. The summed E-state index contributed by atoms with van der Waals surface area (Å²) >= 11 is 0. The van der Waals surface area contributed by atoms with Crippen molar-refractivity contribution in [3.05, 3.63) is 60.4 Å². The molecule has 0 spiro atoms. The molecule has 2 aromatic rings. The van der Waals surface area contributed by atoms with Gasteiger partial charge in [-0.05, 0) is 43.5 Å². The van der Waals surface area contributed by atoms with E-state index in [1.165, 1.54) is 11.8 Å². The van der Waals surface area contributed by atoms with E-state index in [-0.39, 0.29) is 17.7 Å². The molecule has 5 nitrogen and oxygen atoms in total. The van der Waals surface area contributed by atoms with Crippen LogP contribution in [0.5, 0.6) is 5.75 Å². The standard InChI is InChI=1S/C22H29FN4O/c1-17(28-21-11-7-6-10-20(21)23)14-25-22(24-2)26-15-18-12-13-27(16-18)19-8-4-3-5-9-19/h3-11,17-18H,12-16H2,1-2H3,(H2,24,25,26). The quantitative estimate of drug-likeness (QED) is 0.568. The highest BCUT2D eigenvalue weighted by Crippen LogP contribution is 2.23. The predicted molar refractivity (Wildman–Crippen MR) is 113 cm³/mol. The number of hydrogen-bond acceptors (Lipinski definition) is 3. The van der Waals surface area contributed by atoms with Crippen LogP contribution >= 0.6 is 0 Å². The van der Waals surface area contributed by atoms with Gasteiger partial charge >= 0.3 is 0 Å². The first-order valence-corrected chi connectivity index (χ1v) is 9.81. The van der Waals surface area contributed by atoms with Gasteiger partial charge in [-0.2, -0.15) is 0 Å². The normalized spacial score (nSPS) is 18.0. The van der Waals surface area contributed by atoms with Crippen molar-refractivity contribution in [2.24, 2.45) is 10.9 Å². The van der Waals surface area contributed by atoms with Crippen LogP contribution in [-0.4, -0.2) is 45.3 Å². The zero-order valence-electron chi connectivity index (χ0n) is 16.6. The van der Waals surface area contributed by atoms with Gasteiger partial charge in [0, 0.05) is 32.4 Å². The van der Waals surface area contributed by atoms with Crippen LogP contribution in [-0.2, 0) is 0 Å². The number of anilines is 1. The van der Waals surface area contributed by atoms with Crippen LogP contribution in [0.3, 0.4) is 0 Å². The Morgan fingerprint density at radius 3 is 2.68 bits per heavy atom. The van der Waals surface area contributed by atoms with Crippen LogP contribution in [0.1, 0.15) is 13.3 Å². The third kappa shape index (κ3) is 5.62. The number of nitrogens with zero attached hydrogens (tertiary/aromatic N) is 2. The second kappa shape index (κ2) is 9.97. The lowest BCUT2D eigenvalue weighted by Gasteiger charge is -2.20. The molecule has 1 aliphatic heterocycles. The fourth-order valence-electron chi connectivity index (χ4n) is 3.37. The number of rotatable bonds is 7. The number of aliphatic imine (C=N–C) groups is 1. The van der Waals surface area contributed by atoms with Gasteiger partial charge in [-0.3, -0.25) is 4.99 Å². The van der Waals surface area contributed by atoms with Crippen LogP contribution in [0.2, 0.25) is 0 Å². The van der Waals surface area contributed by atoms with Crippen LogP contribution in [0, 0.1) is 11.7 Å². The summed E-state index contributed by atoms with van der Waals surface area (Å²) in [5, 5.41) is 6.65. The van der Waals surface area contributed by atoms with Gasteiger partial charge in [0.2, 0.25) is 0 Å². The third-order valence-corrected chi connectivity index (χ3v) is 4.91. The smallest absolute Gasteiger partial charge is 0.191 e. The first-order chi connectivity index (χ1) is 13.7. The lowest BCUT2D eigenvalue weighted by molar-refractivity contribution is 0.214. The van der Waals surface area contributed by atoms with Gasteiger partial charge in [0.1, 0.15) is 6.10 Å². The molecule has 0 bridgehead atoms. The first kappa shape index (κ1) is 20.0. The van der Waals surface area contributed by atoms with Gasteiger partial charge in [-0.15, -0.1) is 0 Å². The summed E-state index contributed by atoms with van der Waals surface area (Å²) in [6.45, 7) is 5.43. The second-order valence-electron chi connectivity index (χ2n) is 7.13. The van der Waals surface area contributed by atoms with Gasteiger partial charge in [0.05, 0.1) is 6.54 Å². The molecule has 1 heterocycles. The number of para-hydroxylation sites is 2. The topological polar surface area (TPSA) is 48.9 Å². The maximum atomic E-state index is 13.7. The summed E-state index contributed by atoms with van der Waals surface area (Å²) in [4.78, 5) is 6.70. The Kier molecular flexibility index (Phi) is 7.12. The Morgan fingerprint density at radius 1 is 1.18 bits per heavy atom. The Morgan fingerprint density at radius 2 is 1.93 bits per heavy atom. The largest absolute Gasteiger partial charge is 0.486 e. The molecule has 2 N–H and O–H groups in total. The average Bonchev–Trinajstić information content (AvgIpc) is 3.20. The van der Waals surface area contributed by atoms with Gasteiger partial charge in [0.25, 0.3) is 0 Å². The minimum atomic E-state index is -0.346. The molecule has 2 unspecified atom stereocenters. The number of nitrogens with one attached hydrogen (secondary N) is 2. The Labute approximate surface area is 166 Å². The molecule has 0 amide bonds. The minimum Gasteiger partial charge on any atom is -0.486 e. The van der Waals surface area contributed by atoms with Crippen molar-refractivity contribution in [2.45, 2.75) is 19.4 Å². The molecule has 0 aromatic heterocycles. The zero-order valence-corrected chi connectivity index (χ0v) is 16.6. The third-order valence-electron chi connectivity index (χ3n) is 4.91. The molecule has 6 heteroatoms. The number of halogens is 1. The molecule has 0 aliphatic carbocycles. The monoisotopic (exact) mass is 384 g/mol. The highest BCUT2D eigenvalue weighted by Gasteiger charge is 2.22. The van der Waals surface area contributed by atoms with Crippen LogP contribution in [0.25, 0.3) is 0 Å². The Hall–Kier alpha value is -2.76. The fourth-order valence-corrected chi connectivity index (χ4v) is 3.37. The van der Waals surface area contributed by atoms with Crippen molar-refractivity contribution in [3.8, 4) is 5.75 Å². The van der Waals surface area contributed by atoms with Gasteiger partial charge < -0.3 is 20.3 Å². The van der Waals surface area contributed by atoms with E-state index in [0.29, 0.717) is 12.5 Å². The van der Waals surface area contributed by atoms with Crippen molar-refractivity contribution >= 4 is 11.6 Å². The van der Waals surface area contributed by atoms with E-state index in [1.807, 2.05) is 13.0 Å². The van der Waals surface area contributed by atoms with Crippen molar-refractivity contribution in [3.63, 3.8) is 0 Å². The molecule has 150 valence electrons. The number of hydrogen-bond donors (Lipinski definition) is 2. The number of guanidine groups is 1. The van der Waals surface area contributed by atoms with Crippen LogP contribution in [0.15, 0.2) is 59.6 Å². The average molecular weight is 384 g/mol. The zero-order chi connectivity index (χ0) is 19.8. The highest BCUT2D eigenvalue weighted by molar-refractivity contribution is 5.79. The van der Waals surface area contributed by atoms with E-state index < -0.39 is 0 Å². The summed E-state index contributed by atoms with van der Waals surface area (Å²) in [7, 11) is 1.75. The highest BCUT2D eigenvalue weighted by atomic mass is 19.1. The molecule has 1 fully saturated rings. The molecule has 1 aliphatic rings. The number of benzene rings is 2. The van der Waals surface area contributed by atoms with E-state index in [4.69, 9.17) is 4.74 Å². The van der Waals surface area contributed by atoms with Gasteiger partial charge in [-0.1, -0.05) is 30.3 Å². The molecular weight excluding hydrogens is 355 g/mol. The maximum Gasteiger partial charge on any atom is 0.191 e. The SMILES string of the molecule is CN=C(NCC1CCN(c2ccccc2)C1)NCC(C)Oc1ccccc1F. The summed E-state index contributed by atoms with van der Waals surface area (Å²) in [6, 6.07) is 17.0. The summed E-state index contributed by atoms with van der Waals surface area (Å²) in [5.41, 5.74) is 1.28. The first-order valence-electron chi connectivity index (χ1n) is 9.81. The molecule has 3 rings (SSSR count). The van der Waals surface area contributed by atoms with Crippen molar-refractivity contribution < 1.29 is 9.13 Å². The second-order valence-corrected chi connectivity index (χ2v) is 7.13. The molecule has 1 saturated heterocycles. The maximum absolute atomic E-state index is 13.7. The lowest BCUT2D eigenvalue weighted by atomic mass is 10.1. The van der Waals surface area contributed by atoms with Crippen molar-refractivity contribution in [1.82, 2.24) is 10.6 Å². The van der Waals surface area contributed by atoms with Crippen LogP contribution in [0.4, 0.5) is 10.1 Å². The van der Waals surface area contributed by atoms with E-state index >= 15 is 0 Å². The van der Waals surface area contributed by atoms with E-state index in [1.54, 1.807) is 25.2 Å². The summed E-state index contributed by atoms with van der Waals surface area (Å²) in [6.07, 6.45) is 0.974. The number of ether oxygens (including phenoxy) is 1. The van der Waals surface area contributed by atoms with E-state index in [2.05, 4.69) is 44.8 Å². The van der Waals surface area contributed by atoms with Crippen LogP contribution < -0.4 is 20.3 Å². The van der Waals surface area contributed by atoms with Crippen molar-refractivity contribution in [1.29, 1.82) is 0 Å². The molecular formula is C22H29FN4O. The minimum absolute atomic E-state index is 0.185. The Balaban J connectivity index is 1.40. The van der Waals surface area contributed by atoms with Gasteiger partial charge in [0.15, 0.2) is 17.5 Å². The molecule has 2 atom stereocenters. The summed E-state index contributed by atoms with van der Waals surface area (Å²) < 4.78 is 19.3. The molecule has 2 aromatic carbocycles.